The van der Waals surface area contributed by atoms with Gasteiger partial charge in [0, 0.05) is 25.8 Å². The zero-order valence-electron chi connectivity index (χ0n) is 22.2. The van der Waals surface area contributed by atoms with Crippen LogP contribution in [-0.2, 0) is 12.8 Å². The molecule has 0 aliphatic carbocycles. The second-order valence-electron chi connectivity index (χ2n) is 9.91. The lowest BCUT2D eigenvalue weighted by Crippen LogP contribution is -1.94. The minimum Gasteiger partial charge on any atom is -0.144 e. The maximum Gasteiger partial charge on any atom is 0.0532 e. The number of aryl methyl sites for hydroxylation is 1. The molecule has 0 radical (unpaired) electrons. The van der Waals surface area contributed by atoms with Crippen LogP contribution in [0.2, 0.25) is 0 Å². The lowest BCUT2D eigenvalue weighted by atomic mass is 9.97. The number of hydrogen-bond donors (Lipinski definition) is 0. The minimum absolute atomic E-state index is 1.25. The summed E-state index contributed by atoms with van der Waals surface area (Å²) < 4.78 is 0. The Hall–Kier alpha value is -1.20. The van der Waals surface area contributed by atoms with Gasteiger partial charge in [0.05, 0.1) is 4.88 Å². The molecule has 0 unspecified atom stereocenters. The van der Waals surface area contributed by atoms with E-state index in [0.717, 1.165) is 0 Å². The monoisotopic (exact) mass is 554 g/mol. The van der Waals surface area contributed by atoms with Crippen molar-refractivity contribution in [2.24, 2.45) is 0 Å². The first-order chi connectivity index (χ1) is 17.8. The van der Waals surface area contributed by atoms with E-state index in [1.807, 2.05) is 45.3 Å². The van der Waals surface area contributed by atoms with Crippen LogP contribution in [-0.4, -0.2) is 0 Å². The highest BCUT2D eigenvalue weighted by Gasteiger charge is 2.20. The highest BCUT2D eigenvalue weighted by molar-refractivity contribution is 7.22. The van der Waals surface area contributed by atoms with Gasteiger partial charge in [-0.05, 0) is 76.5 Å². The number of thiophene rings is 4. The van der Waals surface area contributed by atoms with Gasteiger partial charge in [0.2, 0.25) is 0 Å². The van der Waals surface area contributed by atoms with Crippen LogP contribution in [0.15, 0.2) is 45.8 Å². The van der Waals surface area contributed by atoms with Gasteiger partial charge in [-0.25, -0.2) is 0 Å². The first kappa shape index (κ1) is 27.8. The predicted molar refractivity (Wildman–Crippen MR) is 168 cm³/mol. The Balaban J connectivity index is 1.54. The van der Waals surface area contributed by atoms with E-state index in [2.05, 4.69) is 59.6 Å². The molecule has 4 aromatic rings. The predicted octanol–water partition coefficient (Wildman–Crippen LogP) is 12.7. The molecule has 4 aromatic heterocycles. The quantitative estimate of drug-likeness (QED) is 0.114. The zero-order chi connectivity index (χ0) is 25.0. The van der Waals surface area contributed by atoms with Crippen LogP contribution in [0.25, 0.3) is 30.6 Å². The van der Waals surface area contributed by atoms with Crippen molar-refractivity contribution in [1.82, 2.24) is 0 Å². The molecule has 0 bridgehead atoms. The lowest BCUT2D eigenvalue weighted by Gasteiger charge is -2.10. The van der Waals surface area contributed by atoms with E-state index in [1.54, 1.807) is 16.0 Å². The normalized spacial score (nSPS) is 11.5. The minimum atomic E-state index is 1.25. The van der Waals surface area contributed by atoms with Gasteiger partial charge in [-0.1, -0.05) is 84.1 Å². The van der Waals surface area contributed by atoms with Crippen LogP contribution in [0.3, 0.4) is 0 Å². The Bertz CT molecular complexity index is 1130. The maximum atomic E-state index is 2.51. The number of unbranched alkanes of at least 4 members (excludes halogenated alkanes) is 10. The molecule has 0 fully saturated rings. The average Bonchev–Trinajstić information content (AvgIpc) is 3.69. The molecular formula is C32H42S4. The van der Waals surface area contributed by atoms with Crippen LogP contribution in [0, 0.1) is 0 Å². The summed E-state index contributed by atoms with van der Waals surface area (Å²) in [5, 5.41) is 9.27. The molecule has 0 spiro atoms. The van der Waals surface area contributed by atoms with Gasteiger partial charge in [0.25, 0.3) is 0 Å². The fourth-order valence-electron chi connectivity index (χ4n) is 5.08. The van der Waals surface area contributed by atoms with E-state index in [4.69, 9.17) is 0 Å². The van der Waals surface area contributed by atoms with Crippen LogP contribution >= 0.6 is 45.3 Å². The molecule has 4 heterocycles. The molecule has 0 aliphatic rings. The van der Waals surface area contributed by atoms with Crippen molar-refractivity contribution in [3.63, 3.8) is 0 Å². The second-order valence-corrected chi connectivity index (χ2v) is 13.6. The van der Waals surface area contributed by atoms with Crippen molar-refractivity contribution in [3.8, 4) is 30.6 Å². The van der Waals surface area contributed by atoms with Gasteiger partial charge in [0.15, 0.2) is 0 Å². The fourth-order valence-corrected chi connectivity index (χ4v) is 9.18. The zero-order valence-corrected chi connectivity index (χ0v) is 25.4. The van der Waals surface area contributed by atoms with Gasteiger partial charge in [-0.15, -0.1) is 45.3 Å². The third kappa shape index (κ3) is 7.43. The van der Waals surface area contributed by atoms with Gasteiger partial charge in [-0.3, -0.25) is 0 Å². The van der Waals surface area contributed by atoms with E-state index in [-0.39, 0.29) is 0 Å². The Kier molecular flexibility index (Phi) is 11.8. The van der Waals surface area contributed by atoms with Gasteiger partial charge >= 0.3 is 0 Å². The SMILES string of the molecule is CCCCCCCCc1csc(-c2sccc2-c2sccc2-c2cccs2)c1CCCCCCCC. The molecular weight excluding hydrogens is 513 g/mol. The first-order valence-corrected chi connectivity index (χ1v) is 17.6. The molecule has 0 aromatic carbocycles. The van der Waals surface area contributed by atoms with E-state index in [9.17, 15) is 0 Å². The molecule has 0 saturated heterocycles. The lowest BCUT2D eigenvalue weighted by molar-refractivity contribution is 0.600. The summed E-state index contributed by atoms with van der Waals surface area (Å²) in [5.41, 5.74) is 6.15. The third-order valence-electron chi connectivity index (χ3n) is 7.13. The highest BCUT2D eigenvalue weighted by Crippen LogP contribution is 2.48. The topological polar surface area (TPSA) is 0 Å². The molecule has 36 heavy (non-hydrogen) atoms. The van der Waals surface area contributed by atoms with Crippen molar-refractivity contribution >= 4 is 45.3 Å². The van der Waals surface area contributed by atoms with E-state index >= 15 is 0 Å². The summed E-state index contributed by atoms with van der Waals surface area (Å²) in [6.45, 7) is 4.61. The van der Waals surface area contributed by atoms with E-state index in [0.29, 0.717) is 0 Å². The molecule has 0 N–H and O–H groups in total. The molecule has 4 heteroatoms. The highest BCUT2D eigenvalue weighted by atomic mass is 32.1. The van der Waals surface area contributed by atoms with Crippen molar-refractivity contribution < 1.29 is 0 Å². The summed E-state index contributed by atoms with van der Waals surface area (Å²) in [6, 6.07) is 9.10. The van der Waals surface area contributed by atoms with Crippen LogP contribution < -0.4 is 0 Å². The maximum absolute atomic E-state index is 2.51. The Morgan fingerprint density at radius 3 is 1.86 bits per heavy atom. The third-order valence-corrected chi connectivity index (χ3v) is 11.1. The van der Waals surface area contributed by atoms with E-state index < -0.39 is 0 Å². The standard InChI is InChI=1S/C32H42S4/c1-3-5-7-9-11-13-16-25-24-36-31(26(25)17-14-12-10-8-6-4-2)32-28(20-23-35-32)30-27(19-22-34-30)29-18-15-21-33-29/h15,18-24H,3-14,16-17H2,1-2H3. The Morgan fingerprint density at radius 2 is 1.17 bits per heavy atom. The number of hydrogen-bond acceptors (Lipinski definition) is 4. The van der Waals surface area contributed by atoms with Crippen LogP contribution in [0.1, 0.15) is 102 Å². The largest absolute Gasteiger partial charge is 0.144 e. The Labute approximate surface area is 235 Å². The second kappa shape index (κ2) is 15.3. The van der Waals surface area contributed by atoms with Crippen molar-refractivity contribution in [2.45, 2.75) is 104 Å². The summed E-state index contributed by atoms with van der Waals surface area (Å²) in [4.78, 5) is 5.87. The molecule has 4 rings (SSSR count). The van der Waals surface area contributed by atoms with E-state index in [1.165, 1.54) is 116 Å². The molecule has 194 valence electrons. The van der Waals surface area contributed by atoms with Crippen LogP contribution in [0.5, 0.6) is 0 Å². The smallest absolute Gasteiger partial charge is 0.0532 e. The molecule has 0 amide bonds. The molecule has 0 nitrogen and oxygen atoms in total. The summed E-state index contributed by atoms with van der Waals surface area (Å²) in [5.74, 6) is 0. The number of rotatable bonds is 17. The van der Waals surface area contributed by atoms with Crippen molar-refractivity contribution in [1.29, 1.82) is 0 Å². The van der Waals surface area contributed by atoms with Crippen molar-refractivity contribution in [3.05, 3.63) is 56.9 Å². The van der Waals surface area contributed by atoms with Gasteiger partial charge < -0.3 is 0 Å². The van der Waals surface area contributed by atoms with Gasteiger partial charge in [-0.2, -0.15) is 0 Å². The molecule has 0 saturated carbocycles. The fraction of sp³-hybridized carbons (Fsp3) is 0.500. The molecule has 0 aliphatic heterocycles. The van der Waals surface area contributed by atoms with Crippen LogP contribution in [0.4, 0.5) is 0 Å². The first-order valence-electron chi connectivity index (χ1n) is 14.1. The Morgan fingerprint density at radius 1 is 0.528 bits per heavy atom. The summed E-state index contributed by atoms with van der Waals surface area (Å²) in [7, 11) is 0. The summed E-state index contributed by atoms with van der Waals surface area (Å²) in [6.07, 6.45) is 19.0. The average molecular weight is 555 g/mol. The molecule has 0 atom stereocenters. The van der Waals surface area contributed by atoms with Crippen molar-refractivity contribution in [2.75, 3.05) is 0 Å². The summed E-state index contributed by atoms with van der Waals surface area (Å²) >= 11 is 7.70. The van der Waals surface area contributed by atoms with Gasteiger partial charge in [0.1, 0.15) is 0 Å².